The summed E-state index contributed by atoms with van der Waals surface area (Å²) in [6, 6.07) is 8.16. The molecule has 0 aliphatic carbocycles. The molecule has 1 aromatic carbocycles. The predicted octanol–water partition coefficient (Wildman–Crippen LogP) is 3.34. The fraction of sp³-hybridized carbons (Fsp3) is 0.412. The Morgan fingerprint density at radius 2 is 2.12 bits per heavy atom. The number of ether oxygens (including phenoxy) is 1. The Balaban J connectivity index is 1.69. The third kappa shape index (κ3) is 4.05. The molecule has 0 spiro atoms. The molecule has 1 aromatic heterocycles. The van der Waals surface area contributed by atoms with Crippen LogP contribution in [0.5, 0.6) is 0 Å². The highest BCUT2D eigenvalue weighted by atomic mass is 16.6. The third-order valence-electron chi connectivity index (χ3n) is 3.99. The Morgan fingerprint density at radius 1 is 1.33 bits per heavy atom. The van der Waals surface area contributed by atoms with Crippen LogP contribution in [0.2, 0.25) is 0 Å². The first kappa shape index (κ1) is 16.3. The van der Waals surface area contributed by atoms with Crippen LogP contribution in [0.15, 0.2) is 30.3 Å². The Hall–Kier alpha value is -2.54. The van der Waals surface area contributed by atoms with Crippen molar-refractivity contribution in [1.82, 2.24) is 9.97 Å². The topological polar surface area (TPSA) is 90.2 Å². The second-order valence-corrected chi connectivity index (χ2v) is 5.87. The number of nitro benzene ring substituents is 1. The van der Waals surface area contributed by atoms with E-state index in [1.165, 1.54) is 12.1 Å². The molecule has 7 nitrogen and oxygen atoms in total. The third-order valence-corrected chi connectivity index (χ3v) is 3.99. The van der Waals surface area contributed by atoms with Crippen LogP contribution in [0, 0.1) is 17.0 Å². The van der Waals surface area contributed by atoms with Crippen LogP contribution in [0.25, 0.3) is 11.4 Å². The van der Waals surface area contributed by atoms with Crippen LogP contribution in [-0.2, 0) is 4.74 Å². The molecule has 1 atom stereocenters. The van der Waals surface area contributed by atoms with Crippen LogP contribution in [0.3, 0.4) is 0 Å². The first-order valence-corrected chi connectivity index (χ1v) is 8.08. The van der Waals surface area contributed by atoms with Gasteiger partial charge in [-0.2, -0.15) is 0 Å². The minimum absolute atomic E-state index is 0.0568. The highest BCUT2D eigenvalue weighted by molar-refractivity contribution is 5.59. The molecule has 24 heavy (non-hydrogen) atoms. The van der Waals surface area contributed by atoms with E-state index in [9.17, 15) is 10.1 Å². The number of hydrogen-bond donors (Lipinski definition) is 1. The number of aryl methyl sites for hydroxylation is 1. The van der Waals surface area contributed by atoms with Crippen LogP contribution >= 0.6 is 0 Å². The lowest BCUT2D eigenvalue weighted by Gasteiger charge is -2.11. The standard InChI is InChI=1S/C17H20N4O3/c1-12-11-16(18-9-8-15-3-2-10-24-15)20-17(19-12)13-4-6-14(7-5-13)21(22)23/h4-7,11,15H,2-3,8-10H2,1H3,(H,18,19,20). The number of nitrogens with zero attached hydrogens (tertiary/aromatic N) is 3. The average molecular weight is 328 g/mol. The average Bonchev–Trinajstić information content (AvgIpc) is 3.08. The molecule has 1 saturated heterocycles. The summed E-state index contributed by atoms with van der Waals surface area (Å²) >= 11 is 0. The van der Waals surface area contributed by atoms with Gasteiger partial charge in [0.05, 0.1) is 11.0 Å². The van der Waals surface area contributed by atoms with Crippen molar-refractivity contribution >= 4 is 11.5 Å². The van der Waals surface area contributed by atoms with Crippen LogP contribution in [0.1, 0.15) is 25.0 Å². The van der Waals surface area contributed by atoms with Gasteiger partial charge in [0.25, 0.3) is 5.69 Å². The number of non-ortho nitro benzene ring substituents is 1. The van der Waals surface area contributed by atoms with Crippen LogP contribution < -0.4 is 5.32 Å². The summed E-state index contributed by atoms with van der Waals surface area (Å²) in [5, 5.41) is 14.1. The number of hydrogen-bond acceptors (Lipinski definition) is 6. The molecule has 1 N–H and O–H groups in total. The van der Waals surface area contributed by atoms with Gasteiger partial charge in [0, 0.05) is 42.6 Å². The summed E-state index contributed by atoms with van der Waals surface area (Å²) in [4.78, 5) is 19.2. The SMILES string of the molecule is Cc1cc(NCCC2CCCO2)nc(-c2ccc([N+](=O)[O-])cc2)n1. The Morgan fingerprint density at radius 3 is 2.79 bits per heavy atom. The zero-order chi connectivity index (χ0) is 16.9. The summed E-state index contributed by atoms with van der Waals surface area (Å²) in [5.74, 6) is 1.32. The lowest BCUT2D eigenvalue weighted by atomic mass is 10.2. The van der Waals surface area contributed by atoms with Crippen molar-refractivity contribution in [3.05, 3.63) is 46.1 Å². The summed E-state index contributed by atoms with van der Waals surface area (Å²) in [5.41, 5.74) is 1.66. The number of anilines is 1. The molecule has 1 aliphatic rings. The molecule has 7 heteroatoms. The maximum atomic E-state index is 10.7. The van der Waals surface area contributed by atoms with Gasteiger partial charge in [0.15, 0.2) is 5.82 Å². The van der Waals surface area contributed by atoms with Crippen molar-refractivity contribution in [3.63, 3.8) is 0 Å². The smallest absolute Gasteiger partial charge is 0.269 e. The van der Waals surface area contributed by atoms with Gasteiger partial charge in [-0.1, -0.05) is 0 Å². The molecular formula is C17H20N4O3. The highest BCUT2D eigenvalue weighted by Gasteiger charge is 2.15. The summed E-state index contributed by atoms with van der Waals surface area (Å²) in [7, 11) is 0. The summed E-state index contributed by atoms with van der Waals surface area (Å²) in [6.07, 6.45) is 3.56. The maximum absolute atomic E-state index is 10.7. The Bertz CT molecular complexity index is 712. The number of nitro groups is 1. The maximum Gasteiger partial charge on any atom is 0.269 e. The van der Waals surface area contributed by atoms with Gasteiger partial charge in [-0.05, 0) is 38.3 Å². The van der Waals surface area contributed by atoms with Gasteiger partial charge >= 0.3 is 0 Å². The molecule has 2 aromatic rings. The fourth-order valence-corrected chi connectivity index (χ4v) is 2.75. The second-order valence-electron chi connectivity index (χ2n) is 5.87. The van der Waals surface area contributed by atoms with E-state index in [2.05, 4.69) is 15.3 Å². The zero-order valence-electron chi connectivity index (χ0n) is 13.6. The van der Waals surface area contributed by atoms with E-state index in [1.54, 1.807) is 12.1 Å². The second kappa shape index (κ2) is 7.35. The molecule has 1 fully saturated rings. The minimum Gasteiger partial charge on any atom is -0.378 e. The normalized spacial score (nSPS) is 17.0. The van der Waals surface area contributed by atoms with E-state index in [0.717, 1.165) is 49.5 Å². The molecular weight excluding hydrogens is 308 g/mol. The first-order chi connectivity index (χ1) is 11.6. The van der Waals surface area contributed by atoms with Gasteiger partial charge in [0.2, 0.25) is 0 Å². The zero-order valence-corrected chi connectivity index (χ0v) is 13.6. The van der Waals surface area contributed by atoms with Crippen LogP contribution in [-0.4, -0.2) is 34.1 Å². The number of rotatable bonds is 6. The van der Waals surface area contributed by atoms with Crippen LogP contribution in [0.4, 0.5) is 11.5 Å². The van der Waals surface area contributed by atoms with Crippen molar-refractivity contribution in [3.8, 4) is 11.4 Å². The predicted molar refractivity (Wildman–Crippen MR) is 90.9 cm³/mol. The van der Waals surface area contributed by atoms with Gasteiger partial charge in [0.1, 0.15) is 5.82 Å². The molecule has 0 bridgehead atoms. The number of nitrogens with one attached hydrogen (secondary N) is 1. The van der Waals surface area contributed by atoms with Crippen molar-refractivity contribution < 1.29 is 9.66 Å². The van der Waals surface area contributed by atoms with E-state index in [-0.39, 0.29) is 5.69 Å². The molecule has 126 valence electrons. The number of aromatic nitrogens is 2. The molecule has 1 unspecified atom stereocenters. The summed E-state index contributed by atoms with van der Waals surface area (Å²) < 4.78 is 5.61. The molecule has 2 heterocycles. The highest BCUT2D eigenvalue weighted by Crippen LogP contribution is 2.21. The molecule has 3 rings (SSSR count). The quantitative estimate of drug-likeness (QED) is 0.646. The van der Waals surface area contributed by atoms with Gasteiger partial charge in [-0.25, -0.2) is 9.97 Å². The Kier molecular flexibility index (Phi) is 5.00. The Labute approximate surface area is 140 Å². The fourth-order valence-electron chi connectivity index (χ4n) is 2.75. The van der Waals surface area contributed by atoms with Crippen molar-refractivity contribution in [2.75, 3.05) is 18.5 Å². The molecule has 0 saturated carbocycles. The largest absolute Gasteiger partial charge is 0.378 e. The van der Waals surface area contributed by atoms with Gasteiger partial charge in [-0.3, -0.25) is 10.1 Å². The lowest BCUT2D eigenvalue weighted by Crippen LogP contribution is -2.13. The lowest BCUT2D eigenvalue weighted by molar-refractivity contribution is -0.384. The monoisotopic (exact) mass is 328 g/mol. The van der Waals surface area contributed by atoms with Crippen molar-refractivity contribution in [2.24, 2.45) is 0 Å². The van der Waals surface area contributed by atoms with E-state index in [1.807, 2.05) is 13.0 Å². The van der Waals surface area contributed by atoms with E-state index in [0.29, 0.717) is 11.9 Å². The molecule has 0 amide bonds. The van der Waals surface area contributed by atoms with Gasteiger partial charge < -0.3 is 10.1 Å². The van der Waals surface area contributed by atoms with E-state index >= 15 is 0 Å². The molecule has 0 radical (unpaired) electrons. The molecule has 1 aliphatic heterocycles. The minimum atomic E-state index is -0.418. The first-order valence-electron chi connectivity index (χ1n) is 8.08. The van der Waals surface area contributed by atoms with Crippen molar-refractivity contribution in [2.45, 2.75) is 32.3 Å². The van der Waals surface area contributed by atoms with E-state index in [4.69, 9.17) is 4.74 Å². The van der Waals surface area contributed by atoms with Gasteiger partial charge in [-0.15, -0.1) is 0 Å². The summed E-state index contributed by atoms with van der Waals surface area (Å²) in [6.45, 7) is 3.56. The van der Waals surface area contributed by atoms with E-state index < -0.39 is 4.92 Å². The van der Waals surface area contributed by atoms with Crippen molar-refractivity contribution in [1.29, 1.82) is 0 Å². The number of benzene rings is 1.